The minimum Gasteiger partial charge on any atom is -0.383 e. The summed E-state index contributed by atoms with van der Waals surface area (Å²) in [5.41, 5.74) is -0.0409. The molecule has 1 aromatic heterocycles. The van der Waals surface area contributed by atoms with Gasteiger partial charge in [-0.05, 0) is 19.8 Å². The van der Waals surface area contributed by atoms with Crippen molar-refractivity contribution in [1.29, 1.82) is 0 Å². The molecule has 5 nitrogen and oxygen atoms in total. The molecule has 0 spiro atoms. The summed E-state index contributed by atoms with van der Waals surface area (Å²) >= 11 is 1.76. The highest BCUT2D eigenvalue weighted by Crippen LogP contribution is 2.30. The third-order valence-electron chi connectivity index (χ3n) is 3.75. The maximum atomic E-state index is 5.64. The Bertz CT molecular complexity index is 413. The number of methoxy groups -OCH3 is 2. The second-order valence-electron chi connectivity index (χ2n) is 5.46. The van der Waals surface area contributed by atoms with Gasteiger partial charge in [-0.2, -0.15) is 0 Å². The van der Waals surface area contributed by atoms with E-state index in [2.05, 4.69) is 22.1 Å². The van der Waals surface area contributed by atoms with Crippen LogP contribution in [0.2, 0.25) is 0 Å². The Hall–Kier alpha value is -0.690. The predicted molar refractivity (Wildman–Crippen MR) is 82.6 cm³/mol. The Labute approximate surface area is 125 Å². The van der Waals surface area contributed by atoms with Crippen LogP contribution >= 0.6 is 11.3 Å². The van der Waals surface area contributed by atoms with Gasteiger partial charge in [0.05, 0.1) is 12.2 Å². The maximum absolute atomic E-state index is 5.64. The number of hydrogen-bond donors (Lipinski definition) is 1. The van der Waals surface area contributed by atoms with Crippen LogP contribution in [0.15, 0.2) is 6.20 Å². The first-order valence-corrected chi connectivity index (χ1v) is 7.93. The van der Waals surface area contributed by atoms with Crippen LogP contribution in [-0.2, 0) is 16.0 Å². The topological polar surface area (TPSA) is 46.6 Å². The number of aromatic nitrogens is 1. The monoisotopic (exact) mass is 299 g/mol. The number of piperidine rings is 1. The highest BCUT2D eigenvalue weighted by Gasteiger charge is 2.31. The van der Waals surface area contributed by atoms with Crippen LogP contribution in [0.5, 0.6) is 0 Å². The molecule has 0 radical (unpaired) electrons. The molecule has 0 aliphatic carbocycles. The molecule has 6 heteroatoms. The standard InChI is InChI=1S/C14H25N3O2S/c1-14(19-3)5-4-7-17(11-14)13-16-10-12(20-13)9-15-6-8-18-2/h10,15H,4-9,11H2,1-3H3. The highest BCUT2D eigenvalue weighted by atomic mass is 32.1. The molecule has 1 atom stereocenters. The summed E-state index contributed by atoms with van der Waals surface area (Å²) in [6, 6.07) is 0. The fourth-order valence-corrected chi connectivity index (χ4v) is 3.35. The predicted octanol–water partition coefficient (Wildman–Crippen LogP) is 1.88. The van der Waals surface area contributed by atoms with E-state index in [0.717, 1.165) is 50.8 Å². The second kappa shape index (κ2) is 7.36. The Morgan fingerprint density at radius 2 is 2.35 bits per heavy atom. The van der Waals surface area contributed by atoms with Crippen LogP contribution in [-0.4, -0.2) is 51.0 Å². The van der Waals surface area contributed by atoms with Crippen molar-refractivity contribution in [3.05, 3.63) is 11.1 Å². The van der Waals surface area contributed by atoms with Gasteiger partial charge in [0, 0.05) is 51.5 Å². The molecule has 0 bridgehead atoms. The molecular formula is C14H25N3O2S. The molecular weight excluding hydrogens is 274 g/mol. The molecule has 0 aromatic carbocycles. The second-order valence-corrected chi connectivity index (χ2v) is 6.55. The van der Waals surface area contributed by atoms with Crippen molar-refractivity contribution >= 4 is 16.5 Å². The Balaban J connectivity index is 1.88. The average Bonchev–Trinajstić information content (AvgIpc) is 2.93. The molecule has 1 N–H and O–H groups in total. The zero-order chi connectivity index (χ0) is 14.4. The lowest BCUT2D eigenvalue weighted by Crippen LogP contribution is -2.47. The Morgan fingerprint density at radius 1 is 1.50 bits per heavy atom. The highest BCUT2D eigenvalue weighted by molar-refractivity contribution is 7.15. The molecule has 1 aliphatic rings. The molecule has 1 fully saturated rings. The van der Waals surface area contributed by atoms with Crippen LogP contribution < -0.4 is 10.2 Å². The zero-order valence-corrected chi connectivity index (χ0v) is 13.5. The van der Waals surface area contributed by atoms with E-state index in [4.69, 9.17) is 9.47 Å². The van der Waals surface area contributed by atoms with Gasteiger partial charge in [-0.15, -0.1) is 11.3 Å². The lowest BCUT2D eigenvalue weighted by atomic mass is 9.95. The summed E-state index contributed by atoms with van der Waals surface area (Å²) < 4.78 is 10.7. The summed E-state index contributed by atoms with van der Waals surface area (Å²) in [7, 11) is 3.52. The van der Waals surface area contributed by atoms with Crippen molar-refractivity contribution in [1.82, 2.24) is 10.3 Å². The molecule has 1 saturated heterocycles. The van der Waals surface area contributed by atoms with E-state index in [1.807, 2.05) is 6.20 Å². The average molecular weight is 299 g/mol. The van der Waals surface area contributed by atoms with Gasteiger partial charge >= 0.3 is 0 Å². The van der Waals surface area contributed by atoms with Crippen molar-refractivity contribution in [3.63, 3.8) is 0 Å². The number of thiazole rings is 1. The van der Waals surface area contributed by atoms with Crippen LogP contribution in [0.1, 0.15) is 24.6 Å². The van der Waals surface area contributed by atoms with Gasteiger partial charge < -0.3 is 19.7 Å². The molecule has 20 heavy (non-hydrogen) atoms. The van der Waals surface area contributed by atoms with Gasteiger partial charge in [-0.1, -0.05) is 0 Å². The Kier molecular flexibility index (Phi) is 5.77. The number of anilines is 1. The minimum absolute atomic E-state index is 0.0409. The first-order valence-electron chi connectivity index (χ1n) is 7.11. The minimum atomic E-state index is -0.0409. The van der Waals surface area contributed by atoms with E-state index in [9.17, 15) is 0 Å². The first kappa shape index (κ1) is 15.7. The van der Waals surface area contributed by atoms with E-state index < -0.39 is 0 Å². The summed E-state index contributed by atoms with van der Waals surface area (Å²) in [5.74, 6) is 0. The van der Waals surface area contributed by atoms with Gasteiger partial charge in [0.15, 0.2) is 5.13 Å². The summed E-state index contributed by atoms with van der Waals surface area (Å²) in [6.45, 7) is 6.64. The maximum Gasteiger partial charge on any atom is 0.185 e. The number of nitrogens with one attached hydrogen (secondary N) is 1. The van der Waals surface area contributed by atoms with Crippen molar-refractivity contribution in [2.75, 3.05) is 45.4 Å². The first-order chi connectivity index (χ1) is 9.67. The van der Waals surface area contributed by atoms with Gasteiger partial charge in [0.2, 0.25) is 0 Å². The lowest BCUT2D eigenvalue weighted by molar-refractivity contribution is -0.00466. The van der Waals surface area contributed by atoms with Gasteiger partial charge in [-0.3, -0.25) is 0 Å². The quantitative estimate of drug-likeness (QED) is 0.779. The molecule has 0 saturated carbocycles. The van der Waals surface area contributed by atoms with Crippen LogP contribution in [0.4, 0.5) is 5.13 Å². The Morgan fingerprint density at radius 3 is 3.10 bits per heavy atom. The lowest BCUT2D eigenvalue weighted by Gasteiger charge is -2.39. The summed E-state index contributed by atoms with van der Waals surface area (Å²) in [6.07, 6.45) is 4.25. The normalized spacial score (nSPS) is 23.2. The number of hydrogen-bond acceptors (Lipinski definition) is 6. The third-order valence-corrected chi connectivity index (χ3v) is 4.80. The molecule has 2 heterocycles. The number of rotatable bonds is 7. The largest absolute Gasteiger partial charge is 0.383 e. The SMILES string of the molecule is COCCNCc1cnc(N2CCCC(C)(OC)C2)s1. The molecule has 1 aliphatic heterocycles. The van der Waals surface area contributed by atoms with Crippen LogP contribution in [0, 0.1) is 0 Å². The van der Waals surface area contributed by atoms with E-state index in [0.29, 0.717) is 0 Å². The molecule has 114 valence electrons. The van der Waals surface area contributed by atoms with E-state index >= 15 is 0 Å². The molecule has 2 rings (SSSR count). The fraction of sp³-hybridized carbons (Fsp3) is 0.786. The van der Waals surface area contributed by atoms with Crippen molar-refractivity contribution in [2.24, 2.45) is 0 Å². The van der Waals surface area contributed by atoms with Crippen molar-refractivity contribution in [3.8, 4) is 0 Å². The van der Waals surface area contributed by atoms with E-state index in [1.165, 1.54) is 4.88 Å². The smallest absolute Gasteiger partial charge is 0.185 e. The third kappa shape index (κ3) is 4.15. The summed E-state index contributed by atoms with van der Waals surface area (Å²) in [4.78, 5) is 8.16. The van der Waals surface area contributed by atoms with Gasteiger partial charge in [-0.25, -0.2) is 4.98 Å². The van der Waals surface area contributed by atoms with Crippen molar-refractivity contribution in [2.45, 2.75) is 31.9 Å². The number of nitrogens with zero attached hydrogens (tertiary/aromatic N) is 2. The van der Waals surface area contributed by atoms with Gasteiger partial charge in [0.1, 0.15) is 0 Å². The molecule has 1 aromatic rings. The fourth-order valence-electron chi connectivity index (χ4n) is 2.45. The van der Waals surface area contributed by atoms with E-state index in [-0.39, 0.29) is 5.60 Å². The summed E-state index contributed by atoms with van der Waals surface area (Å²) in [5, 5.41) is 4.46. The molecule has 1 unspecified atom stereocenters. The van der Waals surface area contributed by atoms with Crippen LogP contribution in [0.3, 0.4) is 0 Å². The zero-order valence-electron chi connectivity index (χ0n) is 12.6. The van der Waals surface area contributed by atoms with Crippen LogP contribution in [0.25, 0.3) is 0 Å². The van der Waals surface area contributed by atoms with E-state index in [1.54, 1.807) is 25.6 Å². The van der Waals surface area contributed by atoms with Gasteiger partial charge in [0.25, 0.3) is 0 Å². The van der Waals surface area contributed by atoms with Crippen molar-refractivity contribution < 1.29 is 9.47 Å². The molecule has 0 amide bonds. The number of ether oxygens (including phenoxy) is 2.